The third-order valence-electron chi connectivity index (χ3n) is 4.96. The summed E-state index contributed by atoms with van der Waals surface area (Å²) in [6, 6.07) is 0.359. The standard InChI is InChI=1S/C15H28N2O2/c1-3-12-4-6-13(7-5-12)16-15(19)17-9-8-11(2)14(18)10-17/h11-14,18H,3-10H2,1-2H3,(H,16,19). The van der Waals surface area contributed by atoms with Gasteiger partial charge in [-0.25, -0.2) is 4.79 Å². The normalized spacial score (nSPS) is 36.1. The first-order valence-electron chi connectivity index (χ1n) is 7.83. The van der Waals surface area contributed by atoms with Gasteiger partial charge < -0.3 is 15.3 Å². The third kappa shape index (κ3) is 3.85. The molecule has 0 aromatic rings. The number of hydrogen-bond acceptors (Lipinski definition) is 2. The molecule has 110 valence electrons. The smallest absolute Gasteiger partial charge is 0.317 e. The molecule has 0 aromatic carbocycles. The summed E-state index contributed by atoms with van der Waals surface area (Å²) in [5, 5.41) is 13.0. The van der Waals surface area contributed by atoms with Crippen LogP contribution in [0.2, 0.25) is 0 Å². The molecule has 4 heteroatoms. The van der Waals surface area contributed by atoms with Crippen LogP contribution in [0.25, 0.3) is 0 Å². The highest BCUT2D eigenvalue weighted by atomic mass is 16.3. The van der Waals surface area contributed by atoms with E-state index in [1.165, 1.54) is 19.3 Å². The Hall–Kier alpha value is -0.770. The Morgan fingerprint density at radius 2 is 1.95 bits per heavy atom. The molecule has 0 bridgehead atoms. The molecule has 2 N–H and O–H groups in total. The monoisotopic (exact) mass is 268 g/mol. The van der Waals surface area contributed by atoms with Crippen LogP contribution in [0.1, 0.15) is 52.4 Å². The molecular weight excluding hydrogens is 240 g/mol. The highest BCUT2D eigenvalue weighted by Gasteiger charge is 2.29. The number of piperidine rings is 1. The minimum Gasteiger partial charge on any atom is -0.391 e. The fourth-order valence-electron chi connectivity index (χ4n) is 3.21. The summed E-state index contributed by atoms with van der Waals surface area (Å²) in [4.78, 5) is 13.9. The van der Waals surface area contributed by atoms with Gasteiger partial charge in [-0.2, -0.15) is 0 Å². The minimum atomic E-state index is -0.365. The zero-order valence-electron chi connectivity index (χ0n) is 12.3. The van der Waals surface area contributed by atoms with E-state index in [9.17, 15) is 9.90 Å². The van der Waals surface area contributed by atoms with Gasteiger partial charge in [0.1, 0.15) is 0 Å². The Labute approximate surface area is 116 Å². The summed E-state index contributed by atoms with van der Waals surface area (Å²) in [5.41, 5.74) is 0. The van der Waals surface area contributed by atoms with Gasteiger partial charge in [0.05, 0.1) is 6.10 Å². The summed E-state index contributed by atoms with van der Waals surface area (Å²) < 4.78 is 0. The van der Waals surface area contributed by atoms with Gasteiger partial charge >= 0.3 is 6.03 Å². The predicted molar refractivity (Wildman–Crippen MR) is 75.9 cm³/mol. The summed E-state index contributed by atoms with van der Waals surface area (Å²) in [6.07, 6.45) is 6.49. The first kappa shape index (κ1) is 14.6. The predicted octanol–water partition coefficient (Wildman–Crippen LogP) is 2.37. The number of carbonyl (C=O) groups is 1. The fraction of sp³-hybridized carbons (Fsp3) is 0.933. The molecule has 2 unspecified atom stereocenters. The summed E-state index contributed by atoms with van der Waals surface area (Å²) >= 11 is 0. The molecule has 1 saturated carbocycles. The van der Waals surface area contributed by atoms with Gasteiger partial charge in [-0.05, 0) is 43.9 Å². The van der Waals surface area contributed by atoms with Gasteiger partial charge in [-0.3, -0.25) is 0 Å². The average Bonchev–Trinajstić information content (AvgIpc) is 2.42. The SMILES string of the molecule is CCC1CCC(NC(=O)N2CCC(C)C(O)C2)CC1. The van der Waals surface area contributed by atoms with Crippen LogP contribution in [0.5, 0.6) is 0 Å². The lowest BCUT2D eigenvalue weighted by molar-refractivity contribution is 0.0425. The van der Waals surface area contributed by atoms with E-state index in [0.29, 0.717) is 18.5 Å². The first-order chi connectivity index (χ1) is 9.10. The van der Waals surface area contributed by atoms with Crippen molar-refractivity contribution in [3.63, 3.8) is 0 Å². The largest absolute Gasteiger partial charge is 0.391 e. The van der Waals surface area contributed by atoms with Crippen molar-refractivity contribution in [2.45, 2.75) is 64.5 Å². The number of rotatable bonds is 2. The number of carbonyl (C=O) groups excluding carboxylic acids is 1. The van der Waals surface area contributed by atoms with E-state index in [2.05, 4.69) is 12.2 Å². The Bertz CT molecular complexity index is 301. The Morgan fingerprint density at radius 3 is 2.53 bits per heavy atom. The van der Waals surface area contributed by atoms with Crippen molar-refractivity contribution < 1.29 is 9.90 Å². The molecule has 1 heterocycles. The van der Waals surface area contributed by atoms with Crippen LogP contribution in [-0.2, 0) is 0 Å². The molecule has 19 heavy (non-hydrogen) atoms. The maximum Gasteiger partial charge on any atom is 0.317 e. The Morgan fingerprint density at radius 1 is 1.26 bits per heavy atom. The van der Waals surface area contributed by atoms with Gasteiger partial charge in [-0.1, -0.05) is 20.3 Å². The molecule has 4 nitrogen and oxygen atoms in total. The van der Waals surface area contributed by atoms with Crippen molar-refractivity contribution >= 4 is 6.03 Å². The van der Waals surface area contributed by atoms with E-state index in [-0.39, 0.29) is 12.1 Å². The van der Waals surface area contributed by atoms with Crippen molar-refractivity contribution in [2.24, 2.45) is 11.8 Å². The van der Waals surface area contributed by atoms with Crippen molar-refractivity contribution in [3.8, 4) is 0 Å². The number of urea groups is 1. The molecule has 1 saturated heterocycles. The average molecular weight is 268 g/mol. The van der Waals surface area contributed by atoms with Gasteiger partial charge in [0.15, 0.2) is 0 Å². The lowest BCUT2D eigenvalue weighted by atomic mass is 9.84. The van der Waals surface area contributed by atoms with E-state index in [1.54, 1.807) is 4.90 Å². The molecular formula is C15H28N2O2. The number of amides is 2. The topological polar surface area (TPSA) is 52.6 Å². The molecule has 2 fully saturated rings. The van der Waals surface area contributed by atoms with Gasteiger partial charge in [0.2, 0.25) is 0 Å². The fourth-order valence-corrected chi connectivity index (χ4v) is 3.21. The first-order valence-corrected chi connectivity index (χ1v) is 7.83. The van der Waals surface area contributed by atoms with Crippen molar-refractivity contribution in [2.75, 3.05) is 13.1 Å². The van der Waals surface area contributed by atoms with Crippen LogP contribution >= 0.6 is 0 Å². The van der Waals surface area contributed by atoms with Crippen molar-refractivity contribution in [3.05, 3.63) is 0 Å². The zero-order chi connectivity index (χ0) is 13.8. The lowest BCUT2D eigenvalue weighted by Gasteiger charge is -2.36. The molecule has 1 aliphatic heterocycles. The van der Waals surface area contributed by atoms with Crippen LogP contribution in [0.4, 0.5) is 4.79 Å². The number of aliphatic hydroxyl groups excluding tert-OH is 1. The van der Waals surface area contributed by atoms with E-state index in [1.807, 2.05) is 6.92 Å². The highest BCUT2D eigenvalue weighted by molar-refractivity contribution is 5.74. The lowest BCUT2D eigenvalue weighted by Crippen LogP contribution is -2.52. The minimum absolute atomic E-state index is 0.0194. The molecule has 2 atom stereocenters. The quantitative estimate of drug-likeness (QED) is 0.808. The molecule has 0 spiro atoms. The molecule has 1 aliphatic carbocycles. The van der Waals surface area contributed by atoms with Crippen LogP contribution < -0.4 is 5.32 Å². The molecule has 0 radical (unpaired) electrons. The van der Waals surface area contributed by atoms with E-state index >= 15 is 0 Å². The number of aliphatic hydroxyl groups is 1. The van der Waals surface area contributed by atoms with Gasteiger partial charge in [0, 0.05) is 19.1 Å². The molecule has 2 rings (SSSR count). The van der Waals surface area contributed by atoms with E-state index in [0.717, 1.165) is 31.7 Å². The van der Waals surface area contributed by atoms with Crippen LogP contribution in [0.15, 0.2) is 0 Å². The number of nitrogens with zero attached hydrogens (tertiary/aromatic N) is 1. The van der Waals surface area contributed by atoms with Crippen LogP contribution in [-0.4, -0.2) is 41.3 Å². The van der Waals surface area contributed by atoms with Gasteiger partial charge in [-0.15, -0.1) is 0 Å². The molecule has 2 amide bonds. The highest BCUT2D eigenvalue weighted by Crippen LogP contribution is 2.26. The maximum absolute atomic E-state index is 12.2. The van der Waals surface area contributed by atoms with Crippen LogP contribution in [0, 0.1) is 11.8 Å². The van der Waals surface area contributed by atoms with E-state index in [4.69, 9.17) is 0 Å². The maximum atomic E-state index is 12.2. The van der Waals surface area contributed by atoms with Gasteiger partial charge in [0.25, 0.3) is 0 Å². The van der Waals surface area contributed by atoms with Crippen molar-refractivity contribution in [1.82, 2.24) is 10.2 Å². The number of β-amino-alcohol motifs (C(OH)–C–C–N with tert-alkyl or cyclic N) is 1. The van der Waals surface area contributed by atoms with Crippen LogP contribution in [0.3, 0.4) is 0 Å². The van der Waals surface area contributed by atoms with Crippen molar-refractivity contribution in [1.29, 1.82) is 0 Å². The molecule has 0 aromatic heterocycles. The second-order valence-corrected chi connectivity index (χ2v) is 6.35. The molecule has 2 aliphatic rings. The summed E-state index contributed by atoms with van der Waals surface area (Å²) in [6.45, 7) is 5.55. The summed E-state index contributed by atoms with van der Waals surface area (Å²) in [5.74, 6) is 1.16. The number of nitrogens with one attached hydrogen (secondary N) is 1. The second-order valence-electron chi connectivity index (χ2n) is 6.35. The number of hydrogen-bond donors (Lipinski definition) is 2. The Balaban J connectivity index is 1.75. The second kappa shape index (κ2) is 6.60. The third-order valence-corrected chi connectivity index (χ3v) is 4.96. The Kier molecular flexibility index (Phi) is 5.08. The summed E-state index contributed by atoms with van der Waals surface area (Å²) in [7, 11) is 0. The number of likely N-dealkylation sites (tertiary alicyclic amines) is 1. The van der Waals surface area contributed by atoms with E-state index < -0.39 is 0 Å². The zero-order valence-corrected chi connectivity index (χ0v) is 12.3.